The van der Waals surface area contributed by atoms with Crippen molar-refractivity contribution in [1.29, 1.82) is 0 Å². The predicted molar refractivity (Wildman–Crippen MR) is 86.7 cm³/mol. The first-order chi connectivity index (χ1) is 10.4. The SMILES string of the molecule is C[C@]12CC[C@H]3[C@@H](C(N)=CC4=C[C@@H](O)C=C[C@@]43C)[C@@H]1CC[C@@H]2O. The lowest BCUT2D eigenvalue weighted by molar-refractivity contribution is -0.0419. The average Bonchev–Trinajstić information content (AvgIpc) is 2.77. The van der Waals surface area contributed by atoms with E-state index in [0.29, 0.717) is 17.8 Å². The van der Waals surface area contributed by atoms with Gasteiger partial charge in [-0.3, -0.25) is 0 Å². The standard InChI is InChI=1S/C19H27NO2/c1-18-7-5-12(21)9-11(18)10-15(20)17-13-3-4-16(22)19(13,2)8-6-14(17)18/h5,7,9-10,12-14,16-17,21-22H,3-4,6,8,20H2,1-2H3/t12-,13-,14-,16-,17-,18-,19-/m0/s1. The Morgan fingerprint density at radius 1 is 1.14 bits per heavy atom. The normalized spacial score (nSPS) is 53.2. The molecule has 2 fully saturated rings. The Kier molecular flexibility index (Phi) is 2.96. The second-order valence-corrected chi connectivity index (χ2v) is 8.28. The van der Waals surface area contributed by atoms with Crippen molar-refractivity contribution in [3.05, 3.63) is 35.6 Å². The highest BCUT2D eigenvalue weighted by Gasteiger charge is 2.58. The van der Waals surface area contributed by atoms with Gasteiger partial charge in [-0.05, 0) is 60.7 Å². The van der Waals surface area contributed by atoms with Crippen molar-refractivity contribution in [1.82, 2.24) is 0 Å². The molecule has 7 atom stereocenters. The van der Waals surface area contributed by atoms with Crippen LogP contribution in [0.25, 0.3) is 0 Å². The molecule has 0 spiro atoms. The number of aliphatic hydroxyl groups is 2. The number of hydrogen-bond acceptors (Lipinski definition) is 3. The minimum Gasteiger partial charge on any atom is -0.402 e. The average molecular weight is 301 g/mol. The Morgan fingerprint density at radius 2 is 1.91 bits per heavy atom. The molecule has 0 saturated heterocycles. The van der Waals surface area contributed by atoms with Crippen LogP contribution in [0.2, 0.25) is 0 Å². The molecule has 4 rings (SSSR count). The highest BCUT2D eigenvalue weighted by molar-refractivity contribution is 5.44. The van der Waals surface area contributed by atoms with Gasteiger partial charge in [-0.25, -0.2) is 0 Å². The minimum atomic E-state index is -0.495. The van der Waals surface area contributed by atoms with E-state index < -0.39 is 6.10 Å². The van der Waals surface area contributed by atoms with Gasteiger partial charge in [-0.2, -0.15) is 0 Å². The molecular formula is C19H27NO2. The van der Waals surface area contributed by atoms with E-state index in [0.717, 1.165) is 31.4 Å². The van der Waals surface area contributed by atoms with Gasteiger partial charge in [-0.15, -0.1) is 0 Å². The number of rotatable bonds is 0. The fourth-order valence-corrected chi connectivity index (χ4v) is 5.88. The Labute approximate surface area is 132 Å². The summed E-state index contributed by atoms with van der Waals surface area (Å²) in [5.74, 6) is 1.32. The van der Waals surface area contributed by atoms with Crippen LogP contribution in [0.15, 0.2) is 35.6 Å². The summed E-state index contributed by atoms with van der Waals surface area (Å²) in [5, 5.41) is 20.4. The van der Waals surface area contributed by atoms with Crippen LogP contribution < -0.4 is 5.73 Å². The second-order valence-electron chi connectivity index (χ2n) is 8.28. The first-order valence-electron chi connectivity index (χ1n) is 8.61. The second kappa shape index (κ2) is 4.48. The maximum absolute atomic E-state index is 10.5. The molecule has 0 amide bonds. The van der Waals surface area contributed by atoms with Crippen LogP contribution in [-0.2, 0) is 0 Å². The molecule has 2 saturated carbocycles. The molecule has 0 aromatic heterocycles. The maximum Gasteiger partial charge on any atom is 0.0908 e. The number of allylic oxidation sites excluding steroid dienone is 4. The molecule has 3 nitrogen and oxygen atoms in total. The van der Waals surface area contributed by atoms with Crippen molar-refractivity contribution < 1.29 is 10.2 Å². The lowest BCUT2D eigenvalue weighted by Gasteiger charge is -2.55. The Balaban J connectivity index is 1.80. The molecule has 4 N–H and O–H groups in total. The summed E-state index contributed by atoms with van der Waals surface area (Å²) in [6.07, 6.45) is 11.6. The largest absolute Gasteiger partial charge is 0.402 e. The molecule has 0 aromatic carbocycles. The first kappa shape index (κ1) is 14.5. The molecule has 0 aromatic rings. The molecule has 3 heteroatoms. The highest BCUT2D eigenvalue weighted by atomic mass is 16.3. The fourth-order valence-electron chi connectivity index (χ4n) is 5.88. The van der Waals surface area contributed by atoms with E-state index in [4.69, 9.17) is 5.73 Å². The van der Waals surface area contributed by atoms with Crippen molar-refractivity contribution in [3.63, 3.8) is 0 Å². The molecule has 0 heterocycles. The van der Waals surface area contributed by atoms with Crippen LogP contribution in [0.1, 0.15) is 39.5 Å². The molecule has 4 aliphatic carbocycles. The number of aliphatic hydroxyl groups excluding tert-OH is 2. The third-order valence-corrected chi connectivity index (χ3v) is 7.31. The van der Waals surface area contributed by atoms with E-state index in [9.17, 15) is 10.2 Å². The Bertz CT molecular complexity index is 592. The molecular weight excluding hydrogens is 274 g/mol. The highest BCUT2D eigenvalue weighted by Crippen LogP contribution is 2.63. The van der Waals surface area contributed by atoms with E-state index >= 15 is 0 Å². The summed E-state index contributed by atoms with van der Waals surface area (Å²) >= 11 is 0. The van der Waals surface area contributed by atoms with Gasteiger partial charge in [0.1, 0.15) is 0 Å². The first-order valence-corrected chi connectivity index (χ1v) is 8.61. The van der Waals surface area contributed by atoms with Gasteiger partial charge in [-0.1, -0.05) is 26.0 Å². The zero-order valence-electron chi connectivity index (χ0n) is 13.5. The van der Waals surface area contributed by atoms with Gasteiger partial charge < -0.3 is 15.9 Å². The lowest BCUT2D eigenvalue weighted by Crippen LogP contribution is -2.51. The fraction of sp³-hybridized carbons (Fsp3) is 0.684. The summed E-state index contributed by atoms with van der Waals surface area (Å²) in [6, 6.07) is 0. The van der Waals surface area contributed by atoms with Crippen LogP contribution >= 0.6 is 0 Å². The predicted octanol–water partition coefficient (Wildman–Crippen LogP) is 2.51. The van der Waals surface area contributed by atoms with E-state index in [1.165, 1.54) is 5.57 Å². The van der Waals surface area contributed by atoms with Crippen molar-refractivity contribution in [2.45, 2.75) is 51.7 Å². The minimum absolute atomic E-state index is 0.0229. The summed E-state index contributed by atoms with van der Waals surface area (Å²) in [5.41, 5.74) is 8.62. The quantitative estimate of drug-likeness (QED) is 0.602. The zero-order valence-corrected chi connectivity index (χ0v) is 13.5. The Hall–Kier alpha value is -1.06. The third kappa shape index (κ3) is 1.70. The van der Waals surface area contributed by atoms with E-state index in [-0.39, 0.29) is 16.9 Å². The number of hydrogen-bond donors (Lipinski definition) is 3. The van der Waals surface area contributed by atoms with E-state index in [1.807, 2.05) is 12.2 Å². The zero-order chi connectivity index (χ0) is 15.7. The number of nitrogens with two attached hydrogens (primary N) is 1. The van der Waals surface area contributed by atoms with Gasteiger partial charge in [0.05, 0.1) is 12.2 Å². The van der Waals surface area contributed by atoms with Crippen LogP contribution in [0.5, 0.6) is 0 Å². The van der Waals surface area contributed by atoms with Crippen LogP contribution in [-0.4, -0.2) is 22.4 Å². The molecule has 0 aliphatic heterocycles. The van der Waals surface area contributed by atoms with Gasteiger partial charge in [0.2, 0.25) is 0 Å². The Morgan fingerprint density at radius 3 is 2.68 bits per heavy atom. The third-order valence-electron chi connectivity index (χ3n) is 7.31. The molecule has 4 aliphatic rings. The topological polar surface area (TPSA) is 66.5 Å². The van der Waals surface area contributed by atoms with E-state index in [2.05, 4.69) is 26.0 Å². The molecule has 0 radical (unpaired) electrons. The van der Waals surface area contributed by atoms with Crippen molar-refractivity contribution in [3.8, 4) is 0 Å². The van der Waals surface area contributed by atoms with Gasteiger partial charge in [0.15, 0.2) is 0 Å². The monoisotopic (exact) mass is 301 g/mol. The van der Waals surface area contributed by atoms with E-state index in [1.54, 1.807) is 0 Å². The smallest absolute Gasteiger partial charge is 0.0908 e. The summed E-state index contributed by atoms with van der Waals surface area (Å²) in [4.78, 5) is 0. The molecule has 0 unspecified atom stereocenters. The van der Waals surface area contributed by atoms with Crippen molar-refractivity contribution in [2.24, 2.45) is 34.3 Å². The van der Waals surface area contributed by atoms with Gasteiger partial charge >= 0.3 is 0 Å². The van der Waals surface area contributed by atoms with Gasteiger partial charge in [0.25, 0.3) is 0 Å². The molecule has 0 bridgehead atoms. The van der Waals surface area contributed by atoms with Crippen LogP contribution in [0, 0.1) is 28.6 Å². The van der Waals surface area contributed by atoms with Crippen LogP contribution in [0.4, 0.5) is 0 Å². The maximum atomic E-state index is 10.5. The summed E-state index contributed by atoms with van der Waals surface area (Å²) < 4.78 is 0. The summed E-state index contributed by atoms with van der Waals surface area (Å²) in [6.45, 7) is 4.54. The molecule has 22 heavy (non-hydrogen) atoms. The number of fused-ring (bicyclic) bond motifs is 5. The lowest BCUT2D eigenvalue weighted by atomic mass is 9.49. The molecule has 120 valence electrons. The van der Waals surface area contributed by atoms with Gasteiger partial charge in [0, 0.05) is 17.0 Å². The summed E-state index contributed by atoms with van der Waals surface area (Å²) in [7, 11) is 0. The van der Waals surface area contributed by atoms with Crippen molar-refractivity contribution >= 4 is 0 Å². The van der Waals surface area contributed by atoms with Crippen LogP contribution in [0.3, 0.4) is 0 Å². The van der Waals surface area contributed by atoms with Crippen molar-refractivity contribution in [2.75, 3.05) is 0 Å².